The van der Waals surface area contributed by atoms with Crippen molar-refractivity contribution in [1.29, 1.82) is 0 Å². The molecule has 0 spiro atoms. The van der Waals surface area contributed by atoms with Crippen molar-refractivity contribution in [3.05, 3.63) is 75.2 Å². The van der Waals surface area contributed by atoms with Crippen molar-refractivity contribution in [3.63, 3.8) is 0 Å². The van der Waals surface area contributed by atoms with Crippen LogP contribution in [-0.2, 0) is 0 Å². The van der Waals surface area contributed by atoms with Gasteiger partial charge in [-0.1, -0.05) is 68.3 Å². The third-order valence-electron chi connectivity index (χ3n) is 1.20. The molecular weight excluding hydrogens is 156 g/mol. The summed E-state index contributed by atoms with van der Waals surface area (Å²) >= 11 is 0. The van der Waals surface area contributed by atoms with E-state index in [9.17, 15) is 0 Å². The Bertz CT molecular complexity index is 225. The van der Waals surface area contributed by atoms with E-state index in [1.54, 1.807) is 12.2 Å². The Morgan fingerprint density at radius 1 is 0.846 bits per heavy atom. The summed E-state index contributed by atoms with van der Waals surface area (Å²) in [5.74, 6) is 0. The SMILES string of the molecule is C=CC=C.C=Cc1ccccc1.[CH]. The van der Waals surface area contributed by atoms with Crippen LogP contribution >= 0.6 is 0 Å². The van der Waals surface area contributed by atoms with Gasteiger partial charge in [-0.25, -0.2) is 0 Å². The normalized spacial score (nSPS) is 6.77. The molecule has 0 atom stereocenters. The predicted octanol–water partition coefficient (Wildman–Crippen LogP) is 3.89. The fourth-order valence-electron chi connectivity index (χ4n) is 0.589. The molecular formula is C13H15. The van der Waals surface area contributed by atoms with Crippen molar-refractivity contribution >= 4 is 6.08 Å². The van der Waals surface area contributed by atoms with E-state index in [1.807, 2.05) is 36.4 Å². The van der Waals surface area contributed by atoms with Crippen molar-refractivity contribution < 1.29 is 0 Å². The summed E-state index contributed by atoms with van der Waals surface area (Å²) in [7, 11) is 0. The Labute approximate surface area is 81.9 Å². The Balaban J connectivity index is 0. The highest BCUT2D eigenvalue weighted by Gasteiger charge is 1.75. The van der Waals surface area contributed by atoms with Crippen LogP contribution in [0, 0.1) is 7.43 Å². The van der Waals surface area contributed by atoms with Gasteiger partial charge in [-0.3, -0.25) is 0 Å². The van der Waals surface area contributed by atoms with Crippen molar-refractivity contribution in [1.82, 2.24) is 0 Å². The van der Waals surface area contributed by atoms with E-state index in [2.05, 4.69) is 19.7 Å². The lowest BCUT2D eigenvalue weighted by Crippen LogP contribution is -1.63. The van der Waals surface area contributed by atoms with Crippen molar-refractivity contribution in [2.24, 2.45) is 0 Å². The van der Waals surface area contributed by atoms with Crippen LogP contribution in [0.2, 0.25) is 0 Å². The third kappa shape index (κ3) is 8.35. The van der Waals surface area contributed by atoms with Crippen LogP contribution < -0.4 is 0 Å². The van der Waals surface area contributed by atoms with Crippen LogP contribution in [0.3, 0.4) is 0 Å². The highest BCUT2D eigenvalue weighted by atomic mass is 13.8. The zero-order valence-electron chi connectivity index (χ0n) is 7.82. The Morgan fingerprint density at radius 3 is 1.54 bits per heavy atom. The first-order valence-corrected chi connectivity index (χ1v) is 3.76. The molecule has 0 fully saturated rings. The number of allylic oxidation sites excluding steroid dienone is 2. The van der Waals surface area contributed by atoms with Gasteiger partial charge < -0.3 is 0 Å². The second kappa shape index (κ2) is 10.4. The lowest BCUT2D eigenvalue weighted by atomic mass is 10.2. The highest BCUT2D eigenvalue weighted by Crippen LogP contribution is 1.97. The second-order valence-electron chi connectivity index (χ2n) is 2.09. The van der Waals surface area contributed by atoms with Crippen LogP contribution in [0.4, 0.5) is 0 Å². The molecule has 1 aromatic carbocycles. The van der Waals surface area contributed by atoms with Gasteiger partial charge >= 0.3 is 0 Å². The molecule has 0 aliphatic carbocycles. The van der Waals surface area contributed by atoms with Gasteiger partial charge in [0.2, 0.25) is 0 Å². The molecule has 0 unspecified atom stereocenters. The number of rotatable bonds is 2. The summed E-state index contributed by atoms with van der Waals surface area (Å²) < 4.78 is 0. The topological polar surface area (TPSA) is 0 Å². The van der Waals surface area contributed by atoms with E-state index in [-0.39, 0.29) is 7.43 Å². The third-order valence-corrected chi connectivity index (χ3v) is 1.20. The lowest BCUT2D eigenvalue weighted by Gasteiger charge is -1.85. The van der Waals surface area contributed by atoms with E-state index in [0.717, 1.165) is 0 Å². The monoisotopic (exact) mass is 171 g/mol. The van der Waals surface area contributed by atoms with Gasteiger partial charge in [-0.05, 0) is 13.0 Å². The Morgan fingerprint density at radius 2 is 1.31 bits per heavy atom. The summed E-state index contributed by atoms with van der Waals surface area (Å²) in [5.41, 5.74) is 1.17. The zero-order valence-corrected chi connectivity index (χ0v) is 7.82. The lowest BCUT2D eigenvalue weighted by molar-refractivity contribution is 1.67. The maximum absolute atomic E-state index is 3.63. The van der Waals surface area contributed by atoms with Gasteiger partial charge in [0.15, 0.2) is 0 Å². The van der Waals surface area contributed by atoms with Crippen LogP contribution in [0.15, 0.2) is 62.2 Å². The van der Waals surface area contributed by atoms with Gasteiger partial charge in [-0.15, -0.1) is 0 Å². The molecule has 0 heterocycles. The average Bonchev–Trinajstić information content (AvgIpc) is 2.19. The molecule has 0 aliphatic heterocycles. The predicted molar refractivity (Wildman–Crippen MR) is 61.2 cm³/mol. The quantitative estimate of drug-likeness (QED) is 0.592. The minimum atomic E-state index is 0. The summed E-state index contributed by atoms with van der Waals surface area (Å²) in [6.45, 7) is 10.4. The van der Waals surface area contributed by atoms with Gasteiger partial charge in [0.25, 0.3) is 0 Å². The fraction of sp³-hybridized carbons (Fsp3) is 0. The van der Waals surface area contributed by atoms with Crippen molar-refractivity contribution in [2.75, 3.05) is 0 Å². The van der Waals surface area contributed by atoms with Crippen molar-refractivity contribution in [3.8, 4) is 0 Å². The summed E-state index contributed by atoms with van der Waals surface area (Å²) in [6.07, 6.45) is 5.11. The summed E-state index contributed by atoms with van der Waals surface area (Å²) in [5, 5.41) is 0. The van der Waals surface area contributed by atoms with E-state index < -0.39 is 0 Å². The molecule has 0 bridgehead atoms. The first kappa shape index (κ1) is 14.0. The first-order chi connectivity index (χ1) is 5.85. The number of hydrogen-bond donors (Lipinski definition) is 0. The molecule has 0 N–H and O–H groups in total. The van der Waals surface area contributed by atoms with Gasteiger partial charge in [-0.2, -0.15) is 0 Å². The van der Waals surface area contributed by atoms with E-state index >= 15 is 0 Å². The molecule has 0 amide bonds. The number of hydrogen-bond acceptors (Lipinski definition) is 0. The fourth-order valence-corrected chi connectivity index (χ4v) is 0.589. The van der Waals surface area contributed by atoms with E-state index in [1.165, 1.54) is 5.56 Å². The molecule has 1 aromatic rings. The minimum Gasteiger partial charge on any atom is -0.0991 e. The highest BCUT2D eigenvalue weighted by molar-refractivity contribution is 5.45. The van der Waals surface area contributed by atoms with Gasteiger partial charge in [0.05, 0.1) is 0 Å². The largest absolute Gasteiger partial charge is 0.0991 e. The van der Waals surface area contributed by atoms with Crippen LogP contribution in [0.1, 0.15) is 5.56 Å². The van der Waals surface area contributed by atoms with Crippen LogP contribution in [-0.4, -0.2) is 0 Å². The molecule has 0 aliphatic rings. The molecule has 67 valence electrons. The molecule has 13 heavy (non-hydrogen) atoms. The van der Waals surface area contributed by atoms with Gasteiger partial charge in [0.1, 0.15) is 0 Å². The first-order valence-electron chi connectivity index (χ1n) is 3.76. The Hall–Kier alpha value is -1.56. The van der Waals surface area contributed by atoms with Gasteiger partial charge in [0, 0.05) is 0 Å². The standard InChI is InChI=1S/C8H8.C4H6.CH/c1-2-8-6-4-3-5-7-8;1-3-4-2;/h2-7H,1H2;3-4H,1-2H2;1H. The zero-order chi connectivity index (χ0) is 9.23. The molecule has 0 aromatic heterocycles. The maximum Gasteiger partial charge on any atom is -0.0263 e. The second-order valence-corrected chi connectivity index (χ2v) is 2.09. The van der Waals surface area contributed by atoms with Crippen LogP contribution in [0.25, 0.3) is 6.08 Å². The smallest absolute Gasteiger partial charge is 0.0263 e. The summed E-state index contributed by atoms with van der Waals surface area (Å²) in [6, 6.07) is 10.0. The van der Waals surface area contributed by atoms with E-state index in [0.29, 0.717) is 0 Å². The molecule has 0 heteroatoms. The number of benzene rings is 1. The molecule has 0 saturated carbocycles. The minimum absolute atomic E-state index is 0. The Kier molecular flexibility index (Phi) is 11.2. The molecule has 0 nitrogen and oxygen atoms in total. The molecule has 0 saturated heterocycles. The van der Waals surface area contributed by atoms with Crippen molar-refractivity contribution in [2.45, 2.75) is 0 Å². The van der Waals surface area contributed by atoms with E-state index in [4.69, 9.17) is 0 Å². The summed E-state index contributed by atoms with van der Waals surface area (Å²) in [4.78, 5) is 0. The van der Waals surface area contributed by atoms with Crippen LogP contribution in [0.5, 0.6) is 0 Å². The molecule has 1 rings (SSSR count). The molecule has 3 radical (unpaired) electrons. The average molecular weight is 171 g/mol. The maximum atomic E-state index is 3.63.